The third-order valence-corrected chi connectivity index (χ3v) is 5.80. The summed E-state index contributed by atoms with van der Waals surface area (Å²) in [6.45, 7) is 0.409. The normalized spacial score (nSPS) is 21.4. The van der Waals surface area contributed by atoms with Gasteiger partial charge in [-0.05, 0) is 23.8 Å². The summed E-state index contributed by atoms with van der Waals surface area (Å²) in [6, 6.07) is 18.1. The van der Waals surface area contributed by atoms with E-state index in [1.54, 1.807) is 54.6 Å². The van der Waals surface area contributed by atoms with E-state index in [-0.39, 0.29) is 19.7 Å². The maximum absolute atomic E-state index is 13.4. The van der Waals surface area contributed by atoms with Crippen LogP contribution >= 0.6 is 0 Å². The molecule has 0 aromatic heterocycles. The topological polar surface area (TPSA) is 141 Å². The number of benzene rings is 2. The maximum Gasteiger partial charge on any atom is 0.308 e. The Labute approximate surface area is 195 Å². The first-order chi connectivity index (χ1) is 16.3. The van der Waals surface area contributed by atoms with Crippen molar-refractivity contribution >= 4 is 23.8 Å². The quantitative estimate of drug-likeness (QED) is 0.428. The highest BCUT2D eigenvalue weighted by atomic mass is 16.5. The molecule has 1 amide bonds. The first-order valence-electron chi connectivity index (χ1n) is 10.6. The summed E-state index contributed by atoms with van der Waals surface area (Å²) < 4.78 is 5.57. The van der Waals surface area contributed by atoms with Gasteiger partial charge in [0.25, 0.3) is 0 Å². The molecule has 0 heterocycles. The first-order valence-corrected chi connectivity index (χ1v) is 10.6. The molecule has 2 aromatic carbocycles. The van der Waals surface area contributed by atoms with Gasteiger partial charge in [0, 0.05) is 13.1 Å². The zero-order valence-corrected chi connectivity index (χ0v) is 18.2. The largest absolute Gasteiger partial charge is 0.490 e. The van der Waals surface area contributed by atoms with Gasteiger partial charge in [0.2, 0.25) is 5.91 Å². The molecular weight excluding hydrogens is 442 g/mol. The van der Waals surface area contributed by atoms with Crippen molar-refractivity contribution in [1.82, 2.24) is 4.90 Å². The van der Waals surface area contributed by atoms with Crippen LogP contribution in [0.15, 0.2) is 72.8 Å². The fourth-order valence-corrected chi connectivity index (χ4v) is 4.15. The molecule has 1 aliphatic carbocycles. The van der Waals surface area contributed by atoms with E-state index >= 15 is 0 Å². The smallest absolute Gasteiger partial charge is 0.308 e. The molecule has 1 aliphatic rings. The number of carboxylic acid groups (broad SMARTS) is 3. The molecule has 9 nitrogen and oxygen atoms in total. The van der Waals surface area contributed by atoms with Crippen LogP contribution in [0.4, 0.5) is 0 Å². The molecule has 0 bridgehead atoms. The number of hydrogen-bond donors (Lipinski definition) is 3. The van der Waals surface area contributed by atoms with Crippen molar-refractivity contribution in [2.75, 3.05) is 13.2 Å². The molecule has 3 rings (SSSR count). The van der Waals surface area contributed by atoms with Gasteiger partial charge in [-0.2, -0.15) is 0 Å². The number of para-hydroxylation sites is 1. The number of carbonyl (C=O) groups excluding carboxylic acids is 1. The number of amides is 1. The molecule has 0 unspecified atom stereocenters. The zero-order chi connectivity index (χ0) is 24.7. The molecule has 0 spiro atoms. The van der Waals surface area contributed by atoms with Crippen LogP contribution in [0.2, 0.25) is 0 Å². The second kappa shape index (κ2) is 11.1. The van der Waals surface area contributed by atoms with Crippen molar-refractivity contribution in [2.45, 2.75) is 6.54 Å². The summed E-state index contributed by atoms with van der Waals surface area (Å²) in [4.78, 5) is 49.7. The Kier molecular flexibility index (Phi) is 8.02. The number of aliphatic carboxylic acids is 3. The lowest BCUT2D eigenvalue weighted by molar-refractivity contribution is -0.189. The Morgan fingerprint density at radius 3 is 1.76 bits per heavy atom. The first kappa shape index (κ1) is 24.5. The van der Waals surface area contributed by atoms with Crippen LogP contribution in [0.25, 0.3) is 0 Å². The average Bonchev–Trinajstić information content (AvgIpc) is 2.78. The van der Waals surface area contributed by atoms with E-state index in [4.69, 9.17) is 4.74 Å². The van der Waals surface area contributed by atoms with Crippen LogP contribution in [0, 0.1) is 23.7 Å². The van der Waals surface area contributed by atoms with Crippen molar-refractivity contribution in [3.05, 3.63) is 78.4 Å². The van der Waals surface area contributed by atoms with Crippen LogP contribution in [-0.4, -0.2) is 57.2 Å². The number of hydrogen-bond acceptors (Lipinski definition) is 5. The van der Waals surface area contributed by atoms with Crippen molar-refractivity contribution in [1.29, 1.82) is 0 Å². The second-order valence-electron chi connectivity index (χ2n) is 7.92. The van der Waals surface area contributed by atoms with Gasteiger partial charge < -0.3 is 25.0 Å². The zero-order valence-electron chi connectivity index (χ0n) is 18.2. The molecule has 0 radical (unpaired) electrons. The number of carboxylic acids is 3. The predicted molar refractivity (Wildman–Crippen MR) is 120 cm³/mol. The average molecular weight is 467 g/mol. The van der Waals surface area contributed by atoms with Crippen LogP contribution in [0.5, 0.6) is 5.75 Å². The molecular formula is C25H25NO8. The van der Waals surface area contributed by atoms with Crippen molar-refractivity contribution in [3.63, 3.8) is 0 Å². The van der Waals surface area contributed by atoms with Gasteiger partial charge in [0.1, 0.15) is 12.4 Å². The molecule has 9 heteroatoms. The lowest BCUT2D eigenvalue weighted by atomic mass is 9.56. The van der Waals surface area contributed by atoms with Gasteiger partial charge in [0.05, 0.1) is 23.7 Å². The molecule has 3 N–H and O–H groups in total. The highest BCUT2D eigenvalue weighted by Crippen LogP contribution is 2.48. The van der Waals surface area contributed by atoms with Crippen LogP contribution in [0.1, 0.15) is 5.56 Å². The molecule has 0 aliphatic heterocycles. The highest BCUT2D eigenvalue weighted by molar-refractivity contribution is 5.98. The van der Waals surface area contributed by atoms with E-state index in [2.05, 4.69) is 0 Å². The highest BCUT2D eigenvalue weighted by Gasteiger charge is 2.64. The molecule has 1 fully saturated rings. The Balaban J connectivity index is 1.77. The Morgan fingerprint density at radius 2 is 1.24 bits per heavy atom. The van der Waals surface area contributed by atoms with E-state index < -0.39 is 47.5 Å². The van der Waals surface area contributed by atoms with Gasteiger partial charge in [-0.1, -0.05) is 54.6 Å². The Bertz CT molecular complexity index is 1030. The third kappa shape index (κ3) is 5.61. The lowest BCUT2D eigenvalue weighted by Gasteiger charge is -2.45. The summed E-state index contributed by atoms with van der Waals surface area (Å²) in [5.41, 5.74) is 0.762. The summed E-state index contributed by atoms with van der Waals surface area (Å²) in [5, 5.41) is 28.4. The van der Waals surface area contributed by atoms with Crippen LogP contribution in [-0.2, 0) is 25.7 Å². The maximum atomic E-state index is 13.4. The SMILES string of the molecule is O=C(O)C1[C@@H](C(=O)O)C(C(=O)N(C/C=C\COc2ccccc2)Cc2ccccc2)[C@@H]1C(=O)O. The van der Waals surface area contributed by atoms with E-state index in [1.165, 1.54) is 4.90 Å². The van der Waals surface area contributed by atoms with E-state index in [0.29, 0.717) is 5.75 Å². The molecule has 2 aromatic rings. The van der Waals surface area contributed by atoms with Crippen molar-refractivity contribution < 1.29 is 39.2 Å². The standard InChI is InChI=1S/C25H25NO8/c27-22(18-19(23(28)29)21(25(32)33)20(18)24(30)31)26(15-16-9-3-1-4-10-16)13-7-8-14-34-17-11-5-2-6-12-17/h1-12,18-21H,13-15H2,(H,28,29)(H,30,31)(H,32,33)/b8-7-/t18?,19-,20-,21?/m0/s1. The second-order valence-corrected chi connectivity index (χ2v) is 7.92. The molecule has 178 valence electrons. The van der Waals surface area contributed by atoms with Gasteiger partial charge in [-0.3, -0.25) is 19.2 Å². The fraction of sp³-hybridized carbons (Fsp3) is 0.280. The van der Waals surface area contributed by atoms with E-state index in [1.807, 2.05) is 18.2 Å². The van der Waals surface area contributed by atoms with Gasteiger partial charge in [0.15, 0.2) is 0 Å². The van der Waals surface area contributed by atoms with Gasteiger partial charge >= 0.3 is 17.9 Å². The molecule has 0 saturated heterocycles. The molecule has 34 heavy (non-hydrogen) atoms. The Hall–Kier alpha value is -4.14. The molecule has 2 atom stereocenters. The molecule has 1 saturated carbocycles. The summed E-state index contributed by atoms with van der Waals surface area (Å²) in [6.07, 6.45) is 3.37. The number of carbonyl (C=O) groups is 4. The van der Waals surface area contributed by atoms with Gasteiger partial charge in [-0.25, -0.2) is 0 Å². The van der Waals surface area contributed by atoms with E-state index in [9.17, 15) is 34.5 Å². The minimum absolute atomic E-state index is 0.0682. The van der Waals surface area contributed by atoms with Gasteiger partial charge in [-0.15, -0.1) is 0 Å². The third-order valence-electron chi connectivity index (χ3n) is 5.80. The monoisotopic (exact) mass is 467 g/mol. The Morgan fingerprint density at radius 1 is 0.735 bits per heavy atom. The van der Waals surface area contributed by atoms with Crippen molar-refractivity contribution in [2.24, 2.45) is 23.7 Å². The summed E-state index contributed by atoms with van der Waals surface area (Å²) in [7, 11) is 0. The lowest BCUT2D eigenvalue weighted by Crippen LogP contribution is -2.62. The predicted octanol–water partition coefficient (Wildman–Crippen LogP) is 2.38. The fourth-order valence-electron chi connectivity index (χ4n) is 4.15. The number of ether oxygens (including phenoxy) is 1. The minimum atomic E-state index is -1.67. The number of rotatable bonds is 11. The summed E-state index contributed by atoms with van der Waals surface area (Å²) in [5.74, 6) is -11.0. The van der Waals surface area contributed by atoms with E-state index in [0.717, 1.165) is 5.56 Å². The summed E-state index contributed by atoms with van der Waals surface area (Å²) >= 11 is 0. The van der Waals surface area contributed by atoms with Crippen LogP contribution in [0.3, 0.4) is 0 Å². The van der Waals surface area contributed by atoms with Crippen LogP contribution < -0.4 is 4.74 Å². The number of nitrogens with zero attached hydrogens (tertiary/aromatic N) is 1. The minimum Gasteiger partial charge on any atom is -0.490 e. The van der Waals surface area contributed by atoms with Crippen molar-refractivity contribution in [3.8, 4) is 5.75 Å².